The van der Waals surface area contributed by atoms with Crippen molar-refractivity contribution in [3.8, 4) is 49.7 Å². The minimum absolute atomic E-state index is 0.0536. The Kier molecular flexibility index (Phi) is 10.1. The molecule has 2 aliphatic rings. The predicted molar refractivity (Wildman–Crippen MR) is 214 cm³/mol. The summed E-state index contributed by atoms with van der Waals surface area (Å²) in [4.78, 5) is 54.9. The third-order valence-corrected chi connectivity index (χ3v) is 10.2. The van der Waals surface area contributed by atoms with Gasteiger partial charge in [0.15, 0.2) is 0 Å². The Hall–Kier alpha value is -7.10. The van der Waals surface area contributed by atoms with Crippen LogP contribution in [0.5, 0.6) is 6.01 Å². The van der Waals surface area contributed by atoms with Crippen LogP contribution in [0.15, 0.2) is 121 Å². The number of imidazole rings is 2. The summed E-state index contributed by atoms with van der Waals surface area (Å²) in [5.41, 5.74) is 10.1. The van der Waals surface area contributed by atoms with E-state index in [2.05, 4.69) is 50.3 Å². The number of amides is 2. The van der Waals surface area contributed by atoms with Crippen LogP contribution in [-0.2, 0) is 16.0 Å². The van der Waals surface area contributed by atoms with Crippen LogP contribution >= 0.6 is 22.7 Å². The summed E-state index contributed by atoms with van der Waals surface area (Å²) in [6, 6.07) is 20.2. The topological polar surface area (TPSA) is 176 Å². The fourth-order valence-corrected chi connectivity index (χ4v) is 7.47. The molecule has 4 N–H and O–H groups in total. The number of fused-ring (bicyclic) bond motifs is 2. The molecular weight excluding hydrogens is 733 g/mol. The molecule has 270 valence electrons. The number of hydrogen-bond donors (Lipinski definition) is 4. The zero-order chi connectivity index (χ0) is 37.6. The van der Waals surface area contributed by atoms with Crippen molar-refractivity contribution in [3.63, 3.8) is 0 Å². The minimum atomic E-state index is -0.130. The van der Waals surface area contributed by atoms with E-state index >= 15 is 0 Å². The van der Waals surface area contributed by atoms with Gasteiger partial charge in [0, 0.05) is 99.5 Å². The van der Waals surface area contributed by atoms with Gasteiger partial charge < -0.3 is 25.3 Å². The fraction of sp³-hybridized carbons (Fsp3) is 0.0500. The van der Waals surface area contributed by atoms with Gasteiger partial charge >= 0.3 is 0 Å². The standard InChI is InChI=1S/C20H13N5OS.C16H11N3OS.C4H6N2O/c26-19-15(10-18-22-7-8-23-18)14-9-13(1-2-16(14)24-19)17-11-27-20(25-17)12-3-5-21-6-4-12;20-15-8-12-7-11(1-2-13(12)18-15)14-9-21-16(19-14)10-3-5-17-6-4-10;1-7-4-5-2-3-6-4/h1-11H,(H,22,23)(H,24,26);1-7,9H,8H2,(H,18,20);2-3H,1H3,(H,5,6)/b15-10-;;. The second kappa shape index (κ2) is 15.9. The number of carbonyl (C=O) groups excluding carboxylic acids is 2. The number of hydrogen-bond acceptors (Lipinski definition) is 11. The summed E-state index contributed by atoms with van der Waals surface area (Å²) in [7, 11) is 1.57. The number of ether oxygens (including phenoxy) is 1. The maximum atomic E-state index is 12.4. The number of H-pyrrole nitrogens is 2. The van der Waals surface area contributed by atoms with Crippen molar-refractivity contribution < 1.29 is 14.3 Å². The molecule has 0 unspecified atom stereocenters. The minimum Gasteiger partial charge on any atom is -0.468 e. The summed E-state index contributed by atoms with van der Waals surface area (Å²) in [6.07, 6.45) is 16.0. The smallest absolute Gasteiger partial charge is 0.293 e. The first-order chi connectivity index (χ1) is 27.0. The number of aromatic nitrogens is 8. The average molecular weight is 763 g/mol. The van der Waals surface area contributed by atoms with Crippen LogP contribution in [0, 0.1) is 0 Å². The van der Waals surface area contributed by atoms with Gasteiger partial charge in [0.2, 0.25) is 5.91 Å². The van der Waals surface area contributed by atoms with E-state index in [1.165, 1.54) is 0 Å². The predicted octanol–water partition coefficient (Wildman–Crippen LogP) is 7.87. The number of thiazole rings is 2. The molecule has 0 aliphatic carbocycles. The average Bonchev–Trinajstić information content (AvgIpc) is 4.09. The Labute approximate surface area is 322 Å². The summed E-state index contributed by atoms with van der Waals surface area (Å²) in [5.74, 6) is 0.569. The van der Waals surface area contributed by atoms with E-state index in [9.17, 15) is 9.59 Å². The molecule has 15 heteroatoms. The SMILES string of the molecule is COc1ncc[nH]1.O=C1Cc2cc(-c3csc(-c4ccncc4)n3)ccc2N1.O=C1Nc2ccc(-c3csc(-c4ccncc4)n3)cc2/C1=C/c1ncc[nH]1. The van der Waals surface area contributed by atoms with Crippen LogP contribution < -0.4 is 15.4 Å². The highest BCUT2D eigenvalue weighted by Gasteiger charge is 2.25. The third-order valence-electron chi connectivity index (χ3n) is 8.45. The Balaban J connectivity index is 0.000000135. The van der Waals surface area contributed by atoms with E-state index in [0.29, 0.717) is 23.8 Å². The Morgan fingerprint density at radius 1 is 0.673 bits per heavy atom. The van der Waals surface area contributed by atoms with E-state index in [0.717, 1.165) is 66.2 Å². The molecule has 8 heterocycles. The van der Waals surface area contributed by atoms with Crippen LogP contribution in [-0.4, -0.2) is 58.8 Å². The fourth-order valence-electron chi connectivity index (χ4n) is 5.80. The lowest BCUT2D eigenvalue weighted by Gasteiger charge is -2.02. The molecule has 2 aromatic carbocycles. The normalized spacial score (nSPS) is 13.1. The van der Waals surface area contributed by atoms with E-state index in [-0.39, 0.29) is 11.8 Å². The van der Waals surface area contributed by atoms with Gasteiger partial charge in [-0.1, -0.05) is 12.1 Å². The van der Waals surface area contributed by atoms with E-state index in [4.69, 9.17) is 4.98 Å². The molecule has 0 fully saturated rings. The molecular formula is C40H30N10O3S2. The Morgan fingerprint density at radius 3 is 1.87 bits per heavy atom. The molecule has 0 radical (unpaired) electrons. The number of benzene rings is 2. The van der Waals surface area contributed by atoms with E-state index in [1.807, 2.05) is 71.4 Å². The van der Waals surface area contributed by atoms with Crippen LogP contribution in [0.1, 0.15) is 17.0 Å². The summed E-state index contributed by atoms with van der Waals surface area (Å²) < 4.78 is 4.69. The summed E-state index contributed by atoms with van der Waals surface area (Å²) in [6.45, 7) is 0. The molecule has 0 spiro atoms. The van der Waals surface area contributed by atoms with Crippen molar-refractivity contribution >= 4 is 57.5 Å². The maximum absolute atomic E-state index is 12.4. The number of carbonyl (C=O) groups is 2. The Morgan fingerprint density at radius 2 is 1.29 bits per heavy atom. The molecule has 8 aromatic rings. The van der Waals surface area contributed by atoms with E-state index < -0.39 is 0 Å². The van der Waals surface area contributed by atoms with Crippen LogP contribution in [0.3, 0.4) is 0 Å². The lowest BCUT2D eigenvalue weighted by Crippen LogP contribution is -2.03. The number of nitrogens with one attached hydrogen (secondary N) is 4. The Bertz CT molecular complexity index is 2600. The zero-order valence-corrected chi connectivity index (χ0v) is 30.7. The molecule has 2 aliphatic heterocycles. The highest BCUT2D eigenvalue weighted by Crippen LogP contribution is 2.37. The second-order valence-corrected chi connectivity index (χ2v) is 13.7. The first-order valence-corrected chi connectivity index (χ1v) is 18.6. The number of pyridine rings is 2. The summed E-state index contributed by atoms with van der Waals surface area (Å²) >= 11 is 3.19. The molecule has 0 saturated carbocycles. The van der Waals surface area contributed by atoms with Crippen molar-refractivity contribution in [2.45, 2.75) is 6.42 Å². The van der Waals surface area contributed by atoms with Gasteiger partial charge in [0.1, 0.15) is 15.8 Å². The monoisotopic (exact) mass is 762 g/mol. The first-order valence-electron chi connectivity index (χ1n) is 16.9. The quantitative estimate of drug-likeness (QED) is 0.123. The third kappa shape index (κ3) is 7.97. The van der Waals surface area contributed by atoms with Crippen molar-refractivity contribution in [2.24, 2.45) is 0 Å². The number of anilines is 2. The van der Waals surface area contributed by atoms with Crippen LogP contribution in [0.4, 0.5) is 11.4 Å². The molecule has 10 rings (SSSR count). The molecule has 55 heavy (non-hydrogen) atoms. The molecule has 2 amide bonds. The highest BCUT2D eigenvalue weighted by molar-refractivity contribution is 7.13. The number of aromatic amines is 2. The second-order valence-electron chi connectivity index (χ2n) is 12.0. The van der Waals surface area contributed by atoms with Crippen molar-refractivity contribution in [2.75, 3.05) is 17.7 Å². The molecule has 0 saturated heterocycles. The molecule has 13 nitrogen and oxygen atoms in total. The van der Waals surface area contributed by atoms with Gasteiger partial charge in [-0.2, -0.15) is 0 Å². The highest BCUT2D eigenvalue weighted by atomic mass is 32.1. The molecule has 0 atom stereocenters. The molecule has 6 aromatic heterocycles. The van der Waals surface area contributed by atoms with Crippen molar-refractivity contribution in [3.05, 3.63) is 138 Å². The van der Waals surface area contributed by atoms with Gasteiger partial charge in [-0.15, -0.1) is 22.7 Å². The largest absolute Gasteiger partial charge is 0.468 e. The van der Waals surface area contributed by atoms with Crippen molar-refractivity contribution in [1.82, 2.24) is 39.9 Å². The number of rotatable bonds is 6. The first kappa shape index (κ1) is 35.0. The zero-order valence-electron chi connectivity index (χ0n) is 29.1. The van der Waals surface area contributed by atoms with Crippen LogP contribution in [0.25, 0.3) is 55.3 Å². The number of nitrogens with zero attached hydrogens (tertiary/aromatic N) is 6. The van der Waals surface area contributed by atoms with Gasteiger partial charge in [0.25, 0.3) is 11.9 Å². The maximum Gasteiger partial charge on any atom is 0.293 e. The van der Waals surface area contributed by atoms with Gasteiger partial charge in [-0.05, 0) is 60.2 Å². The van der Waals surface area contributed by atoms with Gasteiger partial charge in [-0.25, -0.2) is 19.9 Å². The summed E-state index contributed by atoms with van der Waals surface area (Å²) in [5, 5.41) is 11.7. The van der Waals surface area contributed by atoms with Gasteiger partial charge in [0.05, 0.1) is 30.5 Å². The lowest BCUT2D eigenvalue weighted by atomic mass is 10.0. The van der Waals surface area contributed by atoms with Crippen LogP contribution in [0.2, 0.25) is 0 Å². The van der Waals surface area contributed by atoms with Gasteiger partial charge in [-0.3, -0.25) is 19.6 Å². The van der Waals surface area contributed by atoms with E-state index in [1.54, 1.807) is 85.4 Å². The number of methoxy groups -OCH3 is 1. The molecule has 0 bridgehead atoms. The van der Waals surface area contributed by atoms with Crippen molar-refractivity contribution in [1.29, 1.82) is 0 Å². The lowest BCUT2D eigenvalue weighted by molar-refractivity contribution is -0.115.